The van der Waals surface area contributed by atoms with Crippen molar-refractivity contribution in [1.29, 1.82) is 0 Å². The highest BCUT2D eigenvalue weighted by Gasteiger charge is 2.20. The van der Waals surface area contributed by atoms with Gasteiger partial charge in [-0.3, -0.25) is 5.10 Å². The standard InChI is InChI=1S/C13H16FN5O/c1-8-7-19(5-4-15-8)13-16-12(17-18-13)10-3-2-9(14)6-11(10)20/h2-3,6,8,15,20H,4-5,7H2,1H3,(H,16,17,18)/t8-/m0/s1. The summed E-state index contributed by atoms with van der Waals surface area (Å²) in [6.07, 6.45) is 0. The number of halogens is 1. The van der Waals surface area contributed by atoms with Gasteiger partial charge in [-0.05, 0) is 19.1 Å². The third-order valence-corrected chi connectivity index (χ3v) is 3.34. The molecule has 0 radical (unpaired) electrons. The van der Waals surface area contributed by atoms with Gasteiger partial charge in [0.1, 0.15) is 11.6 Å². The number of piperazine rings is 1. The second-order valence-corrected chi connectivity index (χ2v) is 4.95. The molecule has 20 heavy (non-hydrogen) atoms. The van der Waals surface area contributed by atoms with E-state index in [0.717, 1.165) is 25.7 Å². The molecule has 0 spiro atoms. The van der Waals surface area contributed by atoms with Crippen LogP contribution in [-0.2, 0) is 0 Å². The van der Waals surface area contributed by atoms with Crippen LogP contribution in [0.2, 0.25) is 0 Å². The second kappa shape index (κ2) is 5.09. The first-order valence-electron chi connectivity index (χ1n) is 6.53. The Labute approximate surface area is 115 Å². The van der Waals surface area contributed by atoms with Gasteiger partial charge in [0.25, 0.3) is 0 Å². The molecule has 1 saturated heterocycles. The van der Waals surface area contributed by atoms with Crippen molar-refractivity contribution in [3.63, 3.8) is 0 Å². The Morgan fingerprint density at radius 1 is 1.45 bits per heavy atom. The largest absolute Gasteiger partial charge is 0.507 e. The topological polar surface area (TPSA) is 77.1 Å². The highest BCUT2D eigenvalue weighted by Crippen LogP contribution is 2.28. The molecule has 6 nitrogen and oxygen atoms in total. The van der Waals surface area contributed by atoms with E-state index in [2.05, 4.69) is 32.3 Å². The van der Waals surface area contributed by atoms with Crippen LogP contribution in [0.3, 0.4) is 0 Å². The number of rotatable bonds is 2. The average Bonchev–Trinajstić information content (AvgIpc) is 2.88. The van der Waals surface area contributed by atoms with Gasteiger partial charge in [0.2, 0.25) is 5.95 Å². The fourth-order valence-electron chi connectivity index (χ4n) is 2.33. The van der Waals surface area contributed by atoms with Crippen molar-refractivity contribution in [3.8, 4) is 17.1 Å². The van der Waals surface area contributed by atoms with E-state index in [0.29, 0.717) is 23.4 Å². The van der Waals surface area contributed by atoms with E-state index in [1.807, 2.05) is 0 Å². The van der Waals surface area contributed by atoms with E-state index in [1.54, 1.807) is 0 Å². The van der Waals surface area contributed by atoms with Crippen LogP contribution in [0.5, 0.6) is 5.75 Å². The molecule has 1 fully saturated rings. The van der Waals surface area contributed by atoms with Crippen LogP contribution in [0.15, 0.2) is 18.2 Å². The fourth-order valence-corrected chi connectivity index (χ4v) is 2.33. The number of aromatic nitrogens is 3. The van der Waals surface area contributed by atoms with Crippen LogP contribution in [0.4, 0.5) is 10.3 Å². The zero-order valence-electron chi connectivity index (χ0n) is 11.1. The monoisotopic (exact) mass is 277 g/mol. The minimum absolute atomic E-state index is 0.152. The predicted octanol–water partition coefficient (Wildman–Crippen LogP) is 1.11. The number of aromatic hydroxyl groups is 1. The summed E-state index contributed by atoms with van der Waals surface area (Å²) in [6.45, 7) is 4.64. The zero-order valence-corrected chi connectivity index (χ0v) is 11.1. The summed E-state index contributed by atoms with van der Waals surface area (Å²) in [5.74, 6) is 0.393. The minimum Gasteiger partial charge on any atom is -0.507 e. The summed E-state index contributed by atoms with van der Waals surface area (Å²) in [5.41, 5.74) is 0.438. The molecule has 2 heterocycles. The number of benzene rings is 1. The fraction of sp³-hybridized carbons (Fsp3) is 0.385. The normalized spacial score (nSPS) is 19.3. The predicted molar refractivity (Wildman–Crippen MR) is 73.1 cm³/mol. The van der Waals surface area contributed by atoms with Gasteiger partial charge in [-0.15, -0.1) is 5.10 Å². The summed E-state index contributed by atoms with van der Waals surface area (Å²) >= 11 is 0. The molecular weight excluding hydrogens is 261 g/mol. The first-order valence-corrected chi connectivity index (χ1v) is 6.53. The highest BCUT2D eigenvalue weighted by molar-refractivity contribution is 5.64. The Morgan fingerprint density at radius 2 is 2.30 bits per heavy atom. The van der Waals surface area contributed by atoms with E-state index < -0.39 is 5.82 Å². The summed E-state index contributed by atoms with van der Waals surface area (Å²) in [5, 5.41) is 20.1. The molecule has 1 aromatic carbocycles. The lowest BCUT2D eigenvalue weighted by Crippen LogP contribution is -2.49. The van der Waals surface area contributed by atoms with Gasteiger partial charge in [-0.1, -0.05) is 0 Å². The summed E-state index contributed by atoms with van der Waals surface area (Å²) in [4.78, 5) is 6.45. The van der Waals surface area contributed by atoms with E-state index in [4.69, 9.17) is 0 Å². The van der Waals surface area contributed by atoms with Crippen molar-refractivity contribution in [2.45, 2.75) is 13.0 Å². The van der Waals surface area contributed by atoms with Crippen molar-refractivity contribution in [1.82, 2.24) is 20.5 Å². The molecule has 0 amide bonds. The molecule has 106 valence electrons. The molecule has 0 aliphatic carbocycles. The van der Waals surface area contributed by atoms with Gasteiger partial charge in [-0.2, -0.15) is 4.98 Å². The number of anilines is 1. The van der Waals surface area contributed by atoms with Gasteiger partial charge >= 0.3 is 0 Å². The molecule has 0 unspecified atom stereocenters. The van der Waals surface area contributed by atoms with Gasteiger partial charge in [-0.25, -0.2) is 4.39 Å². The molecule has 3 N–H and O–H groups in total. The molecule has 2 aromatic rings. The van der Waals surface area contributed by atoms with E-state index >= 15 is 0 Å². The average molecular weight is 277 g/mol. The maximum atomic E-state index is 13.0. The Morgan fingerprint density at radius 3 is 3.05 bits per heavy atom. The van der Waals surface area contributed by atoms with Gasteiger partial charge < -0.3 is 15.3 Å². The van der Waals surface area contributed by atoms with E-state index in [1.165, 1.54) is 12.1 Å². The van der Waals surface area contributed by atoms with Gasteiger partial charge in [0.15, 0.2) is 5.82 Å². The Hall–Kier alpha value is -2.15. The first kappa shape index (κ1) is 12.9. The molecule has 1 aliphatic heterocycles. The number of aromatic amines is 1. The van der Waals surface area contributed by atoms with Crippen LogP contribution >= 0.6 is 0 Å². The molecular formula is C13H16FN5O. The van der Waals surface area contributed by atoms with Crippen LogP contribution in [0.1, 0.15) is 6.92 Å². The second-order valence-electron chi connectivity index (χ2n) is 4.95. The maximum absolute atomic E-state index is 13.0. The lowest BCUT2D eigenvalue weighted by atomic mass is 10.2. The SMILES string of the molecule is C[C@H]1CN(c2n[nH]c(-c3ccc(F)cc3O)n2)CCN1. The number of hydrogen-bond acceptors (Lipinski definition) is 5. The van der Waals surface area contributed by atoms with Crippen LogP contribution in [0, 0.1) is 5.82 Å². The minimum atomic E-state index is -0.484. The van der Waals surface area contributed by atoms with Crippen LogP contribution < -0.4 is 10.2 Å². The van der Waals surface area contributed by atoms with Crippen molar-refractivity contribution in [2.24, 2.45) is 0 Å². The quantitative estimate of drug-likeness (QED) is 0.766. The lowest BCUT2D eigenvalue weighted by molar-refractivity contribution is 0.470. The number of H-pyrrole nitrogens is 1. The van der Waals surface area contributed by atoms with Crippen molar-refractivity contribution in [3.05, 3.63) is 24.0 Å². The number of phenols is 1. The Kier molecular flexibility index (Phi) is 3.27. The third-order valence-electron chi connectivity index (χ3n) is 3.34. The zero-order chi connectivity index (χ0) is 14.1. The Bertz CT molecular complexity index is 615. The van der Waals surface area contributed by atoms with Crippen molar-refractivity contribution < 1.29 is 9.50 Å². The summed E-state index contributed by atoms with van der Waals surface area (Å²) in [6, 6.07) is 4.20. The number of hydrogen-bond donors (Lipinski definition) is 3. The smallest absolute Gasteiger partial charge is 0.245 e. The molecule has 0 saturated carbocycles. The molecule has 1 atom stereocenters. The third kappa shape index (κ3) is 2.44. The van der Waals surface area contributed by atoms with Gasteiger partial charge in [0.05, 0.1) is 5.56 Å². The first-order chi connectivity index (χ1) is 9.63. The maximum Gasteiger partial charge on any atom is 0.245 e. The molecule has 1 aliphatic rings. The van der Waals surface area contributed by atoms with Crippen LogP contribution in [-0.4, -0.2) is 46.0 Å². The Balaban J connectivity index is 1.86. The van der Waals surface area contributed by atoms with Crippen molar-refractivity contribution in [2.75, 3.05) is 24.5 Å². The summed E-state index contributed by atoms with van der Waals surface area (Å²) < 4.78 is 13.0. The lowest BCUT2D eigenvalue weighted by Gasteiger charge is -2.30. The van der Waals surface area contributed by atoms with E-state index in [9.17, 15) is 9.50 Å². The molecule has 3 rings (SSSR count). The highest BCUT2D eigenvalue weighted by atomic mass is 19.1. The van der Waals surface area contributed by atoms with E-state index in [-0.39, 0.29) is 5.75 Å². The molecule has 0 bridgehead atoms. The number of phenolic OH excluding ortho intramolecular Hbond substituents is 1. The van der Waals surface area contributed by atoms with Crippen molar-refractivity contribution >= 4 is 5.95 Å². The van der Waals surface area contributed by atoms with Gasteiger partial charge in [0, 0.05) is 31.7 Å². The van der Waals surface area contributed by atoms with Crippen LogP contribution in [0.25, 0.3) is 11.4 Å². The molecule has 1 aromatic heterocycles. The number of nitrogens with one attached hydrogen (secondary N) is 2. The number of nitrogens with zero attached hydrogens (tertiary/aromatic N) is 3. The summed E-state index contributed by atoms with van der Waals surface area (Å²) in [7, 11) is 0. The molecule has 7 heteroatoms.